The first-order valence-electron chi connectivity index (χ1n) is 6.03. The monoisotopic (exact) mass is 262 g/mol. The minimum Gasteiger partial charge on any atom is -0.489 e. The first kappa shape index (κ1) is 13.1. The van der Waals surface area contributed by atoms with Gasteiger partial charge in [0.1, 0.15) is 5.75 Å². The van der Waals surface area contributed by atoms with Gasteiger partial charge in [0.05, 0.1) is 18.3 Å². The topological polar surface area (TPSA) is 34.2 Å². The molecule has 0 spiro atoms. The van der Waals surface area contributed by atoms with Crippen molar-refractivity contribution in [1.82, 2.24) is 10.3 Å². The Kier molecular flexibility index (Phi) is 4.33. The standard InChI is InChI=1S/C14H18N2OS/c1-10(2)17-12-7-11(8-16-9-12)14(15-3)13-5-4-6-18-13/h4-10,14-15H,1-3H3. The number of hydrogen-bond acceptors (Lipinski definition) is 4. The van der Waals surface area contributed by atoms with E-state index < -0.39 is 0 Å². The summed E-state index contributed by atoms with van der Waals surface area (Å²) in [7, 11) is 1.96. The minimum atomic E-state index is 0.164. The van der Waals surface area contributed by atoms with Gasteiger partial charge in [0.25, 0.3) is 0 Å². The zero-order valence-corrected chi connectivity index (χ0v) is 11.7. The molecular formula is C14H18N2OS. The summed E-state index contributed by atoms with van der Waals surface area (Å²) in [5.74, 6) is 0.819. The van der Waals surface area contributed by atoms with E-state index in [-0.39, 0.29) is 12.1 Å². The average Bonchev–Trinajstić information content (AvgIpc) is 2.83. The van der Waals surface area contributed by atoms with Crippen LogP contribution in [0.25, 0.3) is 0 Å². The van der Waals surface area contributed by atoms with E-state index in [2.05, 4.69) is 27.8 Å². The smallest absolute Gasteiger partial charge is 0.138 e. The van der Waals surface area contributed by atoms with Gasteiger partial charge in [-0.15, -0.1) is 11.3 Å². The maximum Gasteiger partial charge on any atom is 0.138 e. The molecule has 0 aromatic carbocycles. The molecular weight excluding hydrogens is 244 g/mol. The number of thiophene rings is 1. The number of nitrogens with zero attached hydrogens (tertiary/aromatic N) is 1. The van der Waals surface area contributed by atoms with Crippen molar-refractivity contribution in [3.05, 3.63) is 46.4 Å². The normalized spacial score (nSPS) is 12.7. The first-order chi connectivity index (χ1) is 8.70. The van der Waals surface area contributed by atoms with Gasteiger partial charge in [-0.2, -0.15) is 0 Å². The lowest BCUT2D eigenvalue weighted by Crippen LogP contribution is -2.17. The Morgan fingerprint density at radius 2 is 2.17 bits per heavy atom. The predicted molar refractivity (Wildman–Crippen MR) is 75.2 cm³/mol. The van der Waals surface area contributed by atoms with Gasteiger partial charge in [-0.1, -0.05) is 6.07 Å². The molecule has 18 heavy (non-hydrogen) atoms. The van der Waals surface area contributed by atoms with Crippen LogP contribution in [-0.4, -0.2) is 18.1 Å². The summed E-state index contributed by atoms with van der Waals surface area (Å²) < 4.78 is 5.68. The fourth-order valence-electron chi connectivity index (χ4n) is 1.86. The highest BCUT2D eigenvalue weighted by Crippen LogP contribution is 2.27. The molecule has 0 aliphatic heterocycles. The first-order valence-corrected chi connectivity index (χ1v) is 6.91. The second kappa shape index (κ2) is 5.98. The zero-order chi connectivity index (χ0) is 13.0. The molecule has 3 nitrogen and oxygen atoms in total. The summed E-state index contributed by atoms with van der Waals surface area (Å²) in [6.45, 7) is 4.03. The molecule has 1 N–H and O–H groups in total. The third-order valence-electron chi connectivity index (χ3n) is 2.56. The van der Waals surface area contributed by atoms with E-state index >= 15 is 0 Å². The second-order valence-corrected chi connectivity index (χ2v) is 5.34. The molecule has 96 valence electrons. The van der Waals surface area contributed by atoms with Crippen LogP contribution in [0.5, 0.6) is 5.75 Å². The lowest BCUT2D eigenvalue weighted by molar-refractivity contribution is 0.241. The van der Waals surface area contributed by atoms with Crippen molar-refractivity contribution in [3.63, 3.8) is 0 Å². The minimum absolute atomic E-state index is 0.164. The molecule has 0 aliphatic carbocycles. The van der Waals surface area contributed by atoms with Crippen LogP contribution in [0.4, 0.5) is 0 Å². The SMILES string of the molecule is CNC(c1cncc(OC(C)C)c1)c1cccs1. The summed E-state index contributed by atoms with van der Waals surface area (Å²) in [4.78, 5) is 5.53. The lowest BCUT2D eigenvalue weighted by Gasteiger charge is -2.16. The quantitative estimate of drug-likeness (QED) is 0.898. The number of aromatic nitrogens is 1. The van der Waals surface area contributed by atoms with E-state index in [1.165, 1.54) is 4.88 Å². The van der Waals surface area contributed by atoms with Crippen LogP contribution >= 0.6 is 11.3 Å². The molecule has 0 amide bonds. The van der Waals surface area contributed by atoms with Gasteiger partial charge in [-0.3, -0.25) is 4.98 Å². The molecule has 2 heterocycles. The van der Waals surface area contributed by atoms with E-state index in [9.17, 15) is 0 Å². The van der Waals surface area contributed by atoms with Crippen LogP contribution in [0.15, 0.2) is 36.0 Å². The van der Waals surface area contributed by atoms with Gasteiger partial charge in [-0.05, 0) is 44.0 Å². The molecule has 0 saturated heterocycles. The lowest BCUT2D eigenvalue weighted by atomic mass is 10.1. The van der Waals surface area contributed by atoms with Gasteiger partial charge < -0.3 is 10.1 Å². The van der Waals surface area contributed by atoms with Crippen LogP contribution in [0.2, 0.25) is 0 Å². The summed E-state index contributed by atoms with van der Waals surface area (Å²) in [6.07, 6.45) is 3.80. The van der Waals surface area contributed by atoms with Crippen LogP contribution in [0, 0.1) is 0 Å². The highest BCUT2D eigenvalue weighted by molar-refractivity contribution is 7.10. The van der Waals surface area contributed by atoms with E-state index in [0.717, 1.165) is 11.3 Å². The zero-order valence-electron chi connectivity index (χ0n) is 10.9. The Morgan fingerprint density at radius 1 is 1.33 bits per heavy atom. The van der Waals surface area contributed by atoms with Crippen LogP contribution in [0.3, 0.4) is 0 Å². The van der Waals surface area contributed by atoms with Crippen LogP contribution in [0.1, 0.15) is 30.3 Å². The number of nitrogens with one attached hydrogen (secondary N) is 1. The molecule has 2 aromatic rings. The van der Waals surface area contributed by atoms with Gasteiger partial charge in [0, 0.05) is 11.1 Å². The number of ether oxygens (including phenoxy) is 1. The van der Waals surface area contributed by atoms with Gasteiger partial charge >= 0.3 is 0 Å². The molecule has 1 atom stereocenters. The Morgan fingerprint density at radius 3 is 2.78 bits per heavy atom. The van der Waals surface area contributed by atoms with Crippen molar-refractivity contribution < 1.29 is 4.74 Å². The number of hydrogen-bond donors (Lipinski definition) is 1. The average molecular weight is 262 g/mol. The van der Waals surface area contributed by atoms with E-state index in [1.54, 1.807) is 17.5 Å². The van der Waals surface area contributed by atoms with Crippen molar-refractivity contribution in [2.45, 2.75) is 26.0 Å². The van der Waals surface area contributed by atoms with E-state index in [1.807, 2.05) is 33.2 Å². The third kappa shape index (κ3) is 3.09. The Hall–Kier alpha value is -1.39. The van der Waals surface area contributed by atoms with Crippen molar-refractivity contribution in [2.24, 2.45) is 0 Å². The summed E-state index contributed by atoms with van der Waals surface area (Å²) in [5, 5.41) is 5.40. The van der Waals surface area contributed by atoms with E-state index in [4.69, 9.17) is 4.74 Å². The molecule has 0 fully saturated rings. The summed E-state index contributed by atoms with van der Waals surface area (Å²) in [5.41, 5.74) is 1.12. The van der Waals surface area contributed by atoms with Gasteiger partial charge in [-0.25, -0.2) is 0 Å². The predicted octanol–water partition coefficient (Wildman–Crippen LogP) is 3.24. The maximum atomic E-state index is 5.68. The molecule has 0 radical (unpaired) electrons. The van der Waals surface area contributed by atoms with Crippen molar-refractivity contribution >= 4 is 11.3 Å². The van der Waals surface area contributed by atoms with Crippen molar-refractivity contribution in [2.75, 3.05) is 7.05 Å². The van der Waals surface area contributed by atoms with Crippen molar-refractivity contribution in [3.8, 4) is 5.75 Å². The maximum absolute atomic E-state index is 5.68. The largest absolute Gasteiger partial charge is 0.489 e. The molecule has 0 bridgehead atoms. The molecule has 2 aromatic heterocycles. The number of pyridine rings is 1. The number of rotatable bonds is 5. The molecule has 0 saturated carbocycles. The van der Waals surface area contributed by atoms with Crippen LogP contribution < -0.4 is 10.1 Å². The molecule has 2 rings (SSSR count). The molecule has 4 heteroatoms. The fourth-order valence-corrected chi connectivity index (χ4v) is 2.72. The van der Waals surface area contributed by atoms with E-state index in [0.29, 0.717) is 0 Å². The Balaban J connectivity index is 2.26. The second-order valence-electron chi connectivity index (χ2n) is 4.36. The summed E-state index contributed by atoms with van der Waals surface area (Å²) >= 11 is 1.74. The van der Waals surface area contributed by atoms with Gasteiger partial charge in [0.2, 0.25) is 0 Å². The third-order valence-corrected chi connectivity index (χ3v) is 3.49. The Labute approximate surface area is 112 Å². The molecule has 0 aliphatic rings. The highest BCUT2D eigenvalue weighted by Gasteiger charge is 2.14. The summed E-state index contributed by atoms with van der Waals surface area (Å²) in [6, 6.07) is 6.41. The fraction of sp³-hybridized carbons (Fsp3) is 0.357. The van der Waals surface area contributed by atoms with Gasteiger partial charge in [0.15, 0.2) is 0 Å². The highest BCUT2D eigenvalue weighted by atomic mass is 32.1. The Bertz CT molecular complexity index is 482. The molecule has 1 unspecified atom stereocenters. The van der Waals surface area contributed by atoms with Crippen LogP contribution in [-0.2, 0) is 0 Å². The van der Waals surface area contributed by atoms with Crippen molar-refractivity contribution in [1.29, 1.82) is 0 Å².